The highest BCUT2D eigenvalue weighted by atomic mass is 16.5. The molecule has 0 bridgehead atoms. The molecule has 2 aliphatic carbocycles. The van der Waals surface area contributed by atoms with Crippen LogP contribution in [0.3, 0.4) is 0 Å². The normalized spacial score (nSPS) is 26.5. The summed E-state index contributed by atoms with van der Waals surface area (Å²) < 4.78 is 5.78. The molecule has 0 spiro atoms. The van der Waals surface area contributed by atoms with Crippen molar-refractivity contribution in [2.75, 3.05) is 11.1 Å². The lowest BCUT2D eigenvalue weighted by Crippen LogP contribution is -2.38. The van der Waals surface area contributed by atoms with Gasteiger partial charge in [-0.15, -0.1) is 0 Å². The van der Waals surface area contributed by atoms with Gasteiger partial charge in [-0.25, -0.2) is 9.59 Å². The van der Waals surface area contributed by atoms with Crippen molar-refractivity contribution in [1.82, 2.24) is 0 Å². The number of para-hydroxylation sites is 2. The van der Waals surface area contributed by atoms with Gasteiger partial charge in [0, 0.05) is 17.4 Å². The van der Waals surface area contributed by atoms with E-state index in [9.17, 15) is 14.7 Å². The molecule has 40 heavy (non-hydrogen) atoms. The topological polar surface area (TPSA) is 102 Å². The molecule has 2 aliphatic rings. The maximum absolute atomic E-state index is 12.3. The van der Waals surface area contributed by atoms with E-state index < -0.39 is 5.97 Å². The SMILES string of the molecule is CC1CCC(C(C)C)C(Nc2ccccc2C(=O)O)C1.CC1CCC(C(C)C)C(OC(=O)c2ccccc2N)C1. The summed E-state index contributed by atoms with van der Waals surface area (Å²) in [6, 6.07) is 14.7. The van der Waals surface area contributed by atoms with E-state index in [2.05, 4.69) is 46.9 Å². The van der Waals surface area contributed by atoms with Crippen molar-refractivity contribution in [3.63, 3.8) is 0 Å². The maximum atomic E-state index is 12.3. The first-order valence-electron chi connectivity index (χ1n) is 15.1. The minimum absolute atomic E-state index is 0.0193. The Morgan fingerprint density at radius 3 is 1.98 bits per heavy atom. The van der Waals surface area contributed by atoms with Gasteiger partial charge in [0.25, 0.3) is 0 Å². The number of hydrogen-bond donors (Lipinski definition) is 3. The van der Waals surface area contributed by atoms with Crippen LogP contribution in [0.2, 0.25) is 0 Å². The number of rotatable bonds is 7. The van der Waals surface area contributed by atoms with Gasteiger partial charge in [-0.3, -0.25) is 0 Å². The number of nitrogens with one attached hydrogen (secondary N) is 1. The summed E-state index contributed by atoms with van der Waals surface area (Å²) in [7, 11) is 0. The summed E-state index contributed by atoms with van der Waals surface area (Å²) in [4.78, 5) is 23.6. The number of benzene rings is 2. The summed E-state index contributed by atoms with van der Waals surface area (Å²) in [5, 5.41) is 12.8. The number of nitrogen functional groups attached to an aromatic ring is 1. The summed E-state index contributed by atoms with van der Waals surface area (Å²) >= 11 is 0. The molecule has 220 valence electrons. The second kappa shape index (κ2) is 14.6. The molecule has 2 fully saturated rings. The molecule has 4 rings (SSSR count). The van der Waals surface area contributed by atoms with Crippen molar-refractivity contribution in [2.24, 2.45) is 35.5 Å². The van der Waals surface area contributed by atoms with Crippen LogP contribution in [0.4, 0.5) is 11.4 Å². The monoisotopic (exact) mass is 550 g/mol. The van der Waals surface area contributed by atoms with Gasteiger partial charge in [-0.1, -0.05) is 78.6 Å². The fourth-order valence-electron chi connectivity index (χ4n) is 6.50. The molecule has 6 atom stereocenters. The molecule has 0 saturated heterocycles. The molecule has 6 nitrogen and oxygen atoms in total. The second-order valence-corrected chi connectivity index (χ2v) is 12.8. The maximum Gasteiger partial charge on any atom is 0.340 e. The Bertz CT molecular complexity index is 1110. The number of nitrogens with two attached hydrogens (primary N) is 1. The molecule has 0 aliphatic heterocycles. The quantitative estimate of drug-likeness (QED) is 0.237. The lowest BCUT2D eigenvalue weighted by atomic mass is 9.74. The molecular weight excluding hydrogens is 500 g/mol. The summed E-state index contributed by atoms with van der Waals surface area (Å²) in [6.07, 6.45) is 6.97. The predicted octanol–water partition coefficient (Wildman–Crippen LogP) is 8.14. The van der Waals surface area contributed by atoms with E-state index in [1.165, 1.54) is 19.3 Å². The van der Waals surface area contributed by atoms with Gasteiger partial charge in [0.05, 0.1) is 11.1 Å². The Kier molecular flexibility index (Phi) is 11.5. The lowest BCUT2D eigenvalue weighted by Gasteiger charge is -2.38. The van der Waals surface area contributed by atoms with E-state index in [1.807, 2.05) is 24.3 Å². The van der Waals surface area contributed by atoms with E-state index in [0.29, 0.717) is 58.4 Å². The highest BCUT2D eigenvalue weighted by Crippen LogP contribution is 2.37. The number of carboxylic acids is 1. The number of anilines is 2. The molecule has 0 amide bonds. The van der Waals surface area contributed by atoms with E-state index in [-0.39, 0.29) is 12.1 Å². The standard InChI is InChI=1S/2C17H25NO2/c1-11(2)13-9-8-12(3)10-16(13)20-17(19)14-6-4-5-7-15(14)18;1-11(2)13-9-8-12(3)10-16(13)18-15-7-5-4-6-14(15)17(19)20/h4-7,11-13,16H,8-10,18H2,1-3H3;4-7,11-13,16,18H,8-10H2,1-3H3,(H,19,20). The van der Waals surface area contributed by atoms with E-state index >= 15 is 0 Å². The smallest absolute Gasteiger partial charge is 0.340 e. The average Bonchev–Trinajstić information content (AvgIpc) is 2.89. The first-order chi connectivity index (χ1) is 19.0. The van der Waals surface area contributed by atoms with Crippen LogP contribution in [0.15, 0.2) is 48.5 Å². The lowest BCUT2D eigenvalue weighted by molar-refractivity contribution is -0.0173. The van der Waals surface area contributed by atoms with Crippen molar-refractivity contribution in [3.8, 4) is 0 Å². The third-order valence-electron chi connectivity index (χ3n) is 8.92. The Morgan fingerprint density at radius 2 is 1.38 bits per heavy atom. The number of esters is 1. The van der Waals surface area contributed by atoms with Crippen molar-refractivity contribution < 1.29 is 19.4 Å². The third kappa shape index (κ3) is 8.49. The van der Waals surface area contributed by atoms with E-state index in [1.54, 1.807) is 24.3 Å². The summed E-state index contributed by atoms with van der Waals surface area (Å²) in [6.45, 7) is 13.5. The van der Waals surface area contributed by atoms with Crippen molar-refractivity contribution >= 4 is 23.3 Å². The van der Waals surface area contributed by atoms with Gasteiger partial charge in [0.1, 0.15) is 6.10 Å². The first-order valence-corrected chi connectivity index (χ1v) is 15.1. The van der Waals surface area contributed by atoms with Gasteiger partial charge in [-0.2, -0.15) is 0 Å². The van der Waals surface area contributed by atoms with Crippen LogP contribution in [0.1, 0.15) is 101 Å². The van der Waals surface area contributed by atoms with Crippen molar-refractivity contribution in [3.05, 3.63) is 59.7 Å². The third-order valence-corrected chi connectivity index (χ3v) is 8.92. The second-order valence-electron chi connectivity index (χ2n) is 12.8. The van der Waals surface area contributed by atoms with Gasteiger partial charge in [0.15, 0.2) is 0 Å². The fourth-order valence-corrected chi connectivity index (χ4v) is 6.50. The molecule has 6 heteroatoms. The molecule has 2 saturated carbocycles. The zero-order valence-corrected chi connectivity index (χ0v) is 25.2. The van der Waals surface area contributed by atoms with Crippen LogP contribution in [0.5, 0.6) is 0 Å². The largest absolute Gasteiger partial charge is 0.478 e. The Morgan fingerprint density at radius 1 is 0.825 bits per heavy atom. The number of ether oxygens (including phenoxy) is 1. The van der Waals surface area contributed by atoms with Crippen LogP contribution < -0.4 is 11.1 Å². The van der Waals surface area contributed by atoms with Crippen molar-refractivity contribution in [2.45, 2.75) is 92.2 Å². The average molecular weight is 551 g/mol. The van der Waals surface area contributed by atoms with Crippen LogP contribution in [-0.4, -0.2) is 29.2 Å². The van der Waals surface area contributed by atoms with Gasteiger partial charge >= 0.3 is 11.9 Å². The zero-order valence-electron chi connectivity index (χ0n) is 25.2. The highest BCUT2D eigenvalue weighted by molar-refractivity contribution is 5.95. The molecule has 2 aromatic rings. The minimum Gasteiger partial charge on any atom is -0.478 e. The minimum atomic E-state index is -0.863. The van der Waals surface area contributed by atoms with Crippen molar-refractivity contribution in [1.29, 1.82) is 0 Å². The molecular formula is C34H50N2O4. The molecule has 0 heterocycles. The molecule has 2 aromatic carbocycles. The number of aromatic carboxylic acids is 1. The number of hydrogen-bond acceptors (Lipinski definition) is 5. The number of carboxylic acid groups (broad SMARTS) is 1. The van der Waals surface area contributed by atoms with Crippen LogP contribution in [-0.2, 0) is 4.74 Å². The fraction of sp³-hybridized carbons (Fsp3) is 0.588. The van der Waals surface area contributed by atoms with E-state index in [4.69, 9.17) is 10.5 Å². The summed E-state index contributed by atoms with van der Waals surface area (Å²) in [5.41, 5.74) is 7.94. The number of carbonyl (C=O) groups excluding carboxylic acids is 1. The zero-order chi connectivity index (χ0) is 29.4. The Hall–Kier alpha value is -3.02. The predicted molar refractivity (Wildman–Crippen MR) is 164 cm³/mol. The Balaban J connectivity index is 0.000000220. The summed E-state index contributed by atoms with van der Waals surface area (Å²) in [5.74, 6) is 2.42. The van der Waals surface area contributed by atoms with E-state index in [0.717, 1.165) is 24.9 Å². The molecule has 0 aromatic heterocycles. The molecule has 4 N–H and O–H groups in total. The molecule has 0 radical (unpaired) electrons. The highest BCUT2D eigenvalue weighted by Gasteiger charge is 2.34. The van der Waals surface area contributed by atoms with Gasteiger partial charge < -0.3 is 20.9 Å². The van der Waals surface area contributed by atoms with Gasteiger partial charge in [0.2, 0.25) is 0 Å². The van der Waals surface area contributed by atoms with Crippen LogP contribution >= 0.6 is 0 Å². The van der Waals surface area contributed by atoms with Crippen LogP contribution in [0.25, 0.3) is 0 Å². The Labute approximate surface area is 241 Å². The van der Waals surface area contributed by atoms with Crippen LogP contribution in [0, 0.1) is 35.5 Å². The number of carbonyl (C=O) groups is 2. The molecule has 6 unspecified atom stereocenters. The first kappa shape index (κ1) is 31.5. The van der Waals surface area contributed by atoms with Gasteiger partial charge in [-0.05, 0) is 85.5 Å².